The predicted octanol–water partition coefficient (Wildman–Crippen LogP) is 1.58. The summed E-state index contributed by atoms with van der Waals surface area (Å²) < 4.78 is 5.84. The van der Waals surface area contributed by atoms with Crippen LogP contribution in [0.4, 0.5) is 9.59 Å². The summed E-state index contributed by atoms with van der Waals surface area (Å²) in [6, 6.07) is 0.894. The van der Waals surface area contributed by atoms with Crippen LogP contribution in [0.5, 0.6) is 0 Å². The molecule has 4 heterocycles. The summed E-state index contributed by atoms with van der Waals surface area (Å²) in [5.74, 6) is 0. The first-order valence-corrected chi connectivity index (χ1v) is 9.22. The van der Waals surface area contributed by atoms with Crippen LogP contribution in [-0.4, -0.2) is 82.4 Å². The molecule has 7 heteroatoms. The molecule has 0 aromatic heterocycles. The standard InChI is InChI=1S/C17H25N3O4/c21-14(22)19-10-16(11-19)8-12(9-16)18-6-3-17(4-7-18)13-2-1-5-20(13)15(23)24-17/h12-13H,1-11H2,(H,21,22). The van der Waals surface area contributed by atoms with Gasteiger partial charge >= 0.3 is 12.2 Å². The van der Waals surface area contributed by atoms with Gasteiger partial charge in [-0.25, -0.2) is 9.59 Å². The fourth-order valence-corrected chi connectivity index (χ4v) is 5.89. The van der Waals surface area contributed by atoms with Crippen LogP contribution in [-0.2, 0) is 4.74 Å². The van der Waals surface area contributed by atoms with Gasteiger partial charge in [0.2, 0.25) is 0 Å². The average Bonchev–Trinajstić information content (AvgIpc) is 3.03. The van der Waals surface area contributed by atoms with E-state index in [-0.39, 0.29) is 17.1 Å². The van der Waals surface area contributed by atoms with Gasteiger partial charge in [0.1, 0.15) is 5.60 Å². The molecule has 1 N–H and O–H groups in total. The molecule has 1 saturated carbocycles. The van der Waals surface area contributed by atoms with E-state index in [2.05, 4.69) is 4.90 Å². The fraction of sp³-hybridized carbons (Fsp3) is 0.882. The summed E-state index contributed by atoms with van der Waals surface area (Å²) in [5.41, 5.74) is 0.0301. The third kappa shape index (κ3) is 1.93. The lowest BCUT2D eigenvalue weighted by molar-refractivity contribution is -0.114. The highest BCUT2D eigenvalue weighted by Gasteiger charge is 2.59. The van der Waals surface area contributed by atoms with Crippen molar-refractivity contribution in [2.45, 2.75) is 56.2 Å². The van der Waals surface area contributed by atoms with Gasteiger partial charge in [-0.2, -0.15) is 0 Å². The highest BCUT2D eigenvalue weighted by Crippen LogP contribution is 2.52. The number of amides is 2. The second-order valence-corrected chi connectivity index (χ2v) is 8.52. The monoisotopic (exact) mass is 335 g/mol. The topological polar surface area (TPSA) is 73.3 Å². The van der Waals surface area contributed by atoms with Crippen molar-refractivity contribution in [3.05, 3.63) is 0 Å². The zero-order chi connectivity index (χ0) is 16.5. The van der Waals surface area contributed by atoms with Crippen LogP contribution in [0.15, 0.2) is 0 Å². The van der Waals surface area contributed by atoms with Crippen LogP contribution in [0.25, 0.3) is 0 Å². The smallest absolute Gasteiger partial charge is 0.410 e. The molecule has 132 valence electrons. The molecule has 4 saturated heterocycles. The molecule has 1 aliphatic carbocycles. The van der Waals surface area contributed by atoms with Gasteiger partial charge < -0.3 is 24.5 Å². The first kappa shape index (κ1) is 14.8. The Bertz CT molecular complexity index is 572. The summed E-state index contributed by atoms with van der Waals surface area (Å²) in [5, 5.41) is 8.98. The minimum Gasteiger partial charge on any atom is -0.465 e. The molecule has 1 atom stereocenters. The Labute approximate surface area is 141 Å². The van der Waals surface area contributed by atoms with Gasteiger partial charge in [-0.3, -0.25) is 0 Å². The summed E-state index contributed by atoms with van der Waals surface area (Å²) in [6.07, 6.45) is 5.46. The van der Waals surface area contributed by atoms with Gasteiger partial charge in [0.15, 0.2) is 0 Å². The van der Waals surface area contributed by atoms with E-state index in [1.807, 2.05) is 4.90 Å². The van der Waals surface area contributed by atoms with Crippen molar-refractivity contribution in [1.29, 1.82) is 0 Å². The molecule has 5 rings (SSSR count). The molecule has 2 spiro atoms. The number of likely N-dealkylation sites (tertiary alicyclic amines) is 2. The van der Waals surface area contributed by atoms with Gasteiger partial charge in [0.05, 0.1) is 6.04 Å². The summed E-state index contributed by atoms with van der Waals surface area (Å²) in [6.45, 7) is 4.29. The number of nitrogens with zero attached hydrogens (tertiary/aromatic N) is 3. The van der Waals surface area contributed by atoms with Crippen LogP contribution < -0.4 is 0 Å². The van der Waals surface area contributed by atoms with Crippen molar-refractivity contribution >= 4 is 12.2 Å². The maximum Gasteiger partial charge on any atom is 0.410 e. The van der Waals surface area contributed by atoms with E-state index in [0.717, 1.165) is 58.2 Å². The number of carbonyl (C=O) groups excluding carboxylic acids is 1. The van der Waals surface area contributed by atoms with Crippen molar-refractivity contribution in [2.75, 3.05) is 32.7 Å². The predicted molar refractivity (Wildman–Crippen MR) is 84.8 cm³/mol. The Kier molecular flexibility index (Phi) is 2.95. The van der Waals surface area contributed by atoms with Crippen LogP contribution in [0.1, 0.15) is 38.5 Å². The van der Waals surface area contributed by atoms with Gasteiger partial charge in [0.25, 0.3) is 0 Å². The second-order valence-electron chi connectivity index (χ2n) is 8.52. The van der Waals surface area contributed by atoms with E-state index >= 15 is 0 Å². The number of ether oxygens (including phenoxy) is 1. The molecule has 2 amide bonds. The lowest BCUT2D eigenvalue weighted by Gasteiger charge is -2.61. The van der Waals surface area contributed by atoms with Crippen LogP contribution in [0.3, 0.4) is 0 Å². The van der Waals surface area contributed by atoms with E-state index in [4.69, 9.17) is 9.84 Å². The Morgan fingerprint density at radius 3 is 2.54 bits per heavy atom. The quantitative estimate of drug-likeness (QED) is 0.787. The zero-order valence-corrected chi connectivity index (χ0v) is 13.9. The maximum atomic E-state index is 12.1. The average molecular weight is 335 g/mol. The number of fused-ring (bicyclic) bond motifs is 2. The molecule has 24 heavy (non-hydrogen) atoms. The van der Waals surface area contributed by atoms with Crippen molar-refractivity contribution in [2.24, 2.45) is 5.41 Å². The van der Waals surface area contributed by atoms with Gasteiger partial charge in [0, 0.05) is 57.0 Å². The molecule has 0 aromatic rings. The van der Waals surface area contributed by atoms with Crippen molar-refractivity contribution in [1.82, 2.24) is 14.7 Å². The van der Waals surface area contributed by atoms with E-state index in [1.165, 1.54) is 4.90 Å². The molecule has 0 aromatic carbocycles. The Morgan fingerprint density at radius 1 is 1.17 bits per heavy atom. The molecular formula is C17H25N3O4. The lowest BCUT2D eigenvalue weighted by atomic mass is 9.60. The van der Waals surface area contributed by atoms with Gasteiger partial charge in [-0.05, 0) is 25.7 Å². The third-order valence-electron chi connectivity index (χ3n) is 7.21. The third-order valence-corrected chi connectivity index (χ3v) is 7.21. The minimum absolute atomic E-state index is 0.100. The van der Waals surface area contributed by atoms with Crippen LogP contribution >= 0.6 is 0 Å². The number of carbonyl (C=O) groups is 2. The normalized spacial score (nSPS) is 34.2. The van der Waals surface area contributed by atoms with Crippen molar-refractivity contribution in [3.8, 4) is 0 Å². The van der Waals surface area contributed by atoms with E-state index < -0.39 is 6.09 Å². The van der Waals surface area contributed by atoms with Gasteiger partial charge in [-0.1, -0.05) is 0 Å². The van der Waals surface area contributed by atoms with Gasteiger partial charge in [-0.15, -0.1) is 0 Å². The fourth-order valence-electron chi connectivity index (χ4n) is 5.89. The molecule has 7 nitrogen and oxygen atoms in total. The number of carboxylic acid groups (broad SMARTS) is 1. The highest BCUT2D eigenvalue weighted by atomic mass is 16.6. The van der Waals surface area contributed by atoms with Crippen LogP contribution in [0.2, 0.25) is 0 Å². The Balaban J connectivity index is 1.16. The minimum atomic E-state index is -0.784. The number of rotatable bonds is 1. The molecular weight excluding hydrogens is 310 g/mol. The first-order chi connectivity index (χ1) is 11.5. The van der Waals surface area contributed by atoms with E-state index in [1.54, 1.807) is 0 Å². The molecule has 0 radical (unpaired) electrons. The molecule has 5 fully saturated rings. The zero-order valence-electron chi connectivity index (χ0n) is 13.9. The van der Waals surface area contributed by atoms with Crippen molar-refractivity contribution < 1.29 is 19.4 Å². The molecule has 4 aliphatic heterocycles. The van der Waals surface area contributed by atoms with E-state index in [0.29, 0.717) is 25.2 Å². The molecule has 5 aliphatic rings. The summed E-state index contributed by atoms with van der Waals surface area (Å²) >= 11 is 0. The summed E-state index contributed by atoms with van der Waals surface area (Å²) in [4.78, 5) is 29.0. The Hall–Kier alpha value is -1.50. The maximum absolute atomic E-state index is 12.1. The largest absolute Gasteiger partial charge is 0.465 e. The molecule has 0 bridgehead atoms. The Morgan fingerprint density at radius 2 is 1.88 bits per heavy atom. The number of piperidine rings is 1. The number of hydrogen-bond acceptors (Lipinski definition) is 4. The summed E-state index contributed by atoms with van der Waals surface area (Å²) in [7, 11) is 0. The molecule has 1 unspecified atom stereocenters. The highest BCUT2D eigenvalue weighted by molar-refractivity contribution is 5.72. The number of hydrogen-bond donors (Lipinski definition) is 1. The van der Waals surface area contributed by atoms with E-state index in [9.17, 15) is 9.59 Å². The van der Waals surface area contributed by atoms with Crippen LogP contribution in [0, 0.1) is 5.41 Å². The first-order valence-electron chi connectivity index (χ1n) is 9.22. The second kappa shape index (κ2) is 4.77. The SMILES string of the molecule is O=C(O)N1CC2(CC(N3CCC4(CC3)OC(=O)N3CCCC34)C2)C1. The lowest BCUT2D eigenvalue weighted by Crippen LogP contribution is -2.68. The van der Waals surface area contributed by atoms with Crippen molar-refractivity contribution in [3.63, 3.8) is 0 Å².